The summed E-state index contributed by atoms with van der Waals surface area (Å²) >= 11 is 0. The fourth-order valence-electron chi connectivity index (χ4n) is 1.51. The van der Waals surface area contributed by atoms with Gasteiger partial charge in [-0.1, -0.05) is 12.1 Å². The standard InChI is InChI=1S/C13H17NO4/c1-8-4-5-9(2)13(10(8)3)18-7-11(15)14-6-12(16)17/h4-5H,6-7H2,1-3H3,(H,14,15)(H,16,17). The summed E-state index contributed by atoms with van der Waals surface area (Å²) in [5.41, 5.74) is 3.02. The molecule has 1 amide bonds. The summed E-state index contributed by atoms with van der Waals surface area (Å²) in [7, 11) is 0. The Morgan fingerprint density at radius 3 is 2.44 bits per heavy atom. The smallest absolute Gasteiger partial charge is 0.322 e. The molecule has 1 aromatic carbocycles. The number of carbonyl (C=O) groups excluding carboxylic acids is 1. The zero-order valence-corrected chi connectivity index (χ0v) is 10.7. The van der Waals surface area contributed by atoms with Gasteiger partial charge in [0, 0.05) is 0 Å². The number of aryl methyl sites for hydroxylation is 2. The molecular formula is C13H17NO4. The lowest BCUT2D eigenvalue weighted by atomic mass is 10.1. The Labute approximate surface area is 106 Å². The molecule has 0 bridgehead atoms. The first-order chi connectivity index (χ1) is 8.41. The molecule has 0 aliphatic heterocycles. The lowest BCUT2D eigenvalue weighted by Crippen LogP contribution is -2.33. The minimum Gasteiger partial charge on any atom is -0.483 e. The van der Waals surface area contributed by atoms with Crippen LogP contribution in [-0.4, -0.2) is 30.1 Å². The normalized spacial score (nSPS) is 9.94. The molecule has 0 radical (unpaired) electrons. The van der Waals surface area contributed by atoms with Gasteiger partial charge in [0.05, 0.1) is 0 Å². The number of benzene rings is 1. The molecule has 18 heavy (non-hydrogen) atoms. The van der Waals surface area contributed by atoms with Gasteiger partial charge < -0.3 is 15.2 Å². The summed E-state index contributed by atoms with van der Waals surface area (Å²) in [6.07, 6.45) is 0. The van der Waals surface area contributed by atoms with Crippen molar-refractivity contribution < 1.29 is 19.4 Å². The van der Waals surface area contributed by atoms with Gasteiger partial charge in [0.1, 0.15) is 12.3 Å². The highest BCUT2D eigenvalue weighted by molar-refractivity contribution is 5.82. The Morgan fingerprint density at radius 1 is 1.22 bits per heavy atom. The van der Waals surface area contributed by atoms with Crippen LogP contribution < -0.4 is 10.1 Å². The van der Waals surface area contributed by atoms with Gasteiger partial charge in [-0.2, -0.15) is 0 Å². The van der Waals surface area contributed by atoms with E-state index in [4.69, 9.17) is 9.84 Å². The number of hydrogen-bond donors (Lipinski definition) is 2. The van der Waals surface area contributed by atoms with Crippen molar-refractivity contribution >= 4 is 11.9 Å². The predicted molar refractivity (Wildman–Crippen MR) is 66.8 cm³/mol. The average molecular weight is 251 g/mol. The van der Waals surface area contributed by atoms with Crippen molar-refractivity contribution in [3.8, 4) is 5.75 Å². The van der Waals surface area contributed by atoms with E-state index >= 15 is 0 Å². The van der Waals surface area contributed by atoms with Crippen LogP contribution in [0.5, 0.6) is 5.75 Å². The number of rotatable bonds is 5. The van der Waals surface area contributed by atoms with Gasteiger partial charge in [0.2, 0.25) is 0 Å². The van der Waals surface area contributed by atoms with E-state index in [1.54, 1.807) is 0 Å². The second-order valence-electron chi connectivity index (χ2n) is 4.11. The molecule has 0 heterocycles. The van der Waals surface area contributed by atoms with Crippen molar-refractivity contribution in [2.45, 2.75) is 20.8 Å². The van der Waals surface area contributed by atoms with E-state index in [-0.39, 0.29) is 6.61 Å². The quantitative estimate of drug-likeness (QED) is 0.824. The number of hydrogen-bond acceptors (Lipinski definition) is 3. The molecule has 5 heteroatoms. The number of carboxylic acid groups (broad SMARTS) is 1. The minimum atomic E-state index is -1.08. The number of ether oxygens (including phenoxy) is 1. The Bertz CT molecular complexity index is 468. The second kappa shape index (κ2) is 6.05. The molecule has 0 aliphatic rings. The molecular weight excluding hydrogens is 234 g/mol. The molecule has 98 valence electrons. The number of aliphatic carboxylic acids is 1. The first kappa shape index (κ1) is 14.0. The van der Waals surface area contributed by atoms with Crippen molar-refractivity contribution in [3.05, 3.63) is 28.8 Å². The zero-order chi connectivity index (χ0) is 13.7. The molecule has 0 aliphatic carbocycles. The van der Waals surface area contributed by atoms with Crippen molar-refractivity contribution in [3.63, 3.8) is 0 Å². The van der Waals surface area contributed by atoms with Gasteiger partial charge in [-0.05, 0) is 37.5 Å². The maximum Gasteiger partial charge on any atom is 0.322 e. The summed E-state index contributed by atoms with van der Waals surface area (Å²) in [4.78, 5) is 21.6. The molecule has 0 atom stereocenters. The molecule has 0 spiro atoms. The van der Waals surface area contributed by atoms with E-state index in [2.05, 4.69) is 5.32 Å². The lowest BCUT2D eigenvalue weighted by molar-refractivity contribution is -0.138. The lowest BCUT2D eigenvalue weighted by Gasteiger charge is -2.13. The van der Waals surface area contributed by atoms with E-state index < -0.39 is 18.4 Å². The number of amides is 1. The largest absolute Gasteiger partial charge is 0.483 e. The molecule has 1 rings (SSSR count). The molecule has 5 nitrogen and oxygen atoms in total. The van der Waals surface area contributed by atoms with Crippen LogP contribution >= 0.6 is 0 Å². The Kier molecular flexibility index (Phi) is 4.71. The van der Waals surface area contributed by atoms with Crippen LogP contribution in [-0.2, 0) is 9.59 Å². The third kappa shape index (κ3) is 3.76. The van der Waals surface area contributed by atoms with Gasteiger partial charge in [0.25, 0.3) is 5.91 Å². The summed E-state index contributed by atoms with van der Waals surface area (Å²) in [5, 5.41) is 10.7. The summed E-state index contributed by atoms with van der Waals surface area (Å²) in [6.45, 7) is 5.21. The van der Waals surface area contributed by atoms with E-state index in [1.807, 2.05) is 32.9 Å². The maximum atomic E-state index is 11.3. The summed E-state index contributed by atoms with van der Waals surface area (Å²) in [6, 6.07) is 3.91. The molecule has 0 unspecified atom stereocenters. The topological polar surface area (TPSA) is 75.6 Å². The fraction of sp³-hybridized carbons (Fsp3) is 0.385. The van der Waals surface area contributed by atoms with Crippen LogP contribution in [0.1, 0.15) is 16.7 Å². The third-order valence-corrected chi connectivity index (χ3v) is 2.66. The van der Waals surface area contributed by atoms with Gasteiger partial charge >= 0.3 is 5.97 Å². The third-order valence-electron chi connectivity index (χ3n) is 2.66. The van der Waals surface area contributed by atoms with Crippen LogP contribution in [0.2, 0.25) is 0 Å². The van der Waals surface area contributed by atoms with Crippen molar-refractivity contribution in [2.75, 3.05) is 13.2 Å². The van der Waals surface area contributed by atoms with Crippen molar-refractivity contribution in [1.82, 2.24) is 5.32 Å². The van der Waals surface area contributed by atoms with Crippen LogP contribution in [0.3, 0.4) is 0 Å². The molecule has 0 fully saturated rings. The Morgan fingerprint density at radius 2 is 1.83 bits per heavy atom. The first-order valence-electron chi connectivity index (χ1n) is 5.60. The minimum absolute atomic E-state index is 0.182. The predicted octanol–water partition coefficient (Wildman–Crippen LogP) is 1.19. The van der Waals surface area contributed by atoms with E-state index in [0.29, 0.717) is 5.75 Å². The average Bonchev–Trinajstić information content (AvgIpc) is 2.31. The van der Waals surface area contributed by atoms with Crippen LogP contribution in [0.25, 0.3) is 0 Å². The molecule has 0 saturated carbocycles. The van der Waals surface area contributed by atoms with Crippen LogP contribution in [0, 0.1) is 20.8 Å². The fourth-order valence-corrected chi connectivity index (χ4v) is 1.51. The number of carboxylic acids is 1. The van der Waals surface area contributed by atoms with Crippen molar-refractivity contribution in [2.24, 2.45) is 0 Å². The summed E-state index contributed by atoms with van der Waals surface area (Å²) < 4.78 is 5.44. The summed E-state index contributed by atoms with van der Waals surface area (Å²) in [5.74, 6) is -0.843. The van der Waals surface area contributed by atoms with Crippen LogP contribution in [0.4, 0.5) is 0 Å². The molecule has 2 N–H and O–H groups in total. The zero-order valence-electron chi connectivity index (χ0n) is 10.7. The van der Waals surface area contributed by atoms with Crippen molar-refractivity contribution in [1.29, 1.82) is 0 Å². The number of nitrogens with one attached hydrogen (secondary N) is 1. The molecule has 0 saturated heterocycles. The van der Waals surface area contributed by atoms with Gasteiger partial charge in [-0.25, -0.2) is 0 Å². The molecule has 1 aromatic rings. The maximum absolute atomic E-state index is 11.3. The number of carbonyl (C=O) groups is 2. The molecule has 0 aromatic heterocycles. The highest BCUT2D eigenvalue weighted by Crippen LogP contribution is 2.25. The second-order valence-corrected chi connectivity index (χ2v) is 4.11. The van der Waals surface area contributed by atoms with E-state index in [0.717, 1.165) is 16.7 Å². The first-order valence-corrected chi connectivity index (χ1v) is 5.60. The highest BCUT2D eigenvalue weighted by atomic mass is 16.5. The SMILES string of the molecule is Cc1ccc(C)c(OCC(=O)NCC(=O)O)c1C. The Balaban J connectivity index is 2.61. The van der Waals surface area contributed by atoms with Gasteiger partial charge in [0.15, 0.2) is 6.61 Å². The van der Waals surface area contributed by atoms with E-state index in [9.17, 15) is 9.59 Å². The monoisotopic (exact) mass is 251 g/mol. The van der Waals surface area contributed by atoms with Gasteiger partial charge in [-0.3, -0.25) is 9.59 Å². The van der Waals surface area contributed by atoms with Gasteiger partial charge in [-0.15, -0.1) is 0 Å². The van der Waals surface area contributed by atoms with E-state index in [1.165, 1.54) is 0 Å². The Hall–Kier alpha value is -2.04. The van der Waals surface area contributed by atoms with Crippen LogP contribution in [0.15, 0.2) is 12.1 Å². The highest BCUT2D eigenvalue weighted by Gasteiger charge is 2.09.